The molecule has 0 fully saturated rings. The quantitative estimate of drug-likeness (QED) is 0.460. The highest BCUT2D eigenvalue weighted by atomic mass is 16.5. The lowest BCUT2D eigenvalue weighted by Crippen LogP contribution is -2.47. The van der Waals surface area contributed by atoms with Crippen molar-refractivity contribution in [2.24, 2.45) is 5.41 Å². The van der Waals surface area contributed by atoms with Gasteiger partial charge in [-0.2, -0.15) is 0 Å². The number of fused-ring (bicyclic) bond motifs is 3. The van der Waals surface area contributed by atoms with Crippen molar-refractivity contribution >= 4 is 18.0 Å². The van der Waals surface area contributed by atoms with Crippen LogP contribution in [0.25, 0.3) is 11.1 Å². The van der Waals surface area contributed by atoms with Gasteiger partial charge in [-0.05, 0) is 27.7 Å². The third-order valence-corrected chi connectivity index (χ3v) is 5.86. The van der Waals surface area contributed by atoms with E-state index in [1.54, 1.807) is 0 Å². The van der Waals surface area contributed by atoms with Gasteiger partial charge in [0.1, 0.15) is 13.2 Å². The lowest BCUT2D eigenvalue weighted by atomic mass is 9.84. The smallest absolute Gasteiger partial charge is 0.407 e. The van der Waals surface area contributed by atoms with Crippen molar-refractivity contribution in [3.8, 4) is 11.1 Å². The molecule has 0 aliphatic heterocycles. The summed E-state index contributed by atoms with van der Waals surface area (Å²) >= 11 is 0. The van der Waals surface area contributed by atoms with Crippen molar-refractivity contribution in [1.29, 1.82) is 0 Å². The topological polar surface area (TPSA) is 114 Å². The summed E-state index contributed by atoms with van der Waals surface area (Å²) in [6, 6.07) is 15.8. The van der Waals surface area contributed by atoms with Crippen LogP contribution in [0.15, 0.2) is 48.5 Å². The van der Waals surface area contributed by atoms with E-state index in [9.17, 15) is 14.4 Å². The molecule has 2 aromatic carbocycles. The zero-order valence-electron chi connectivity index (χ0n) is 19.8. The second kappa shape index (κ2) is 11.2. The highest BCUT2D eigenvalue weighted by molar-refractivity contribution is 5.79. The SMILES string of the molecule is CC(C)(C)C(CC(=O)NCCOCC(=O)O)NC(=O)OCC1c2ccccc2-c2ccccc21. The molecule has 1 atom stereocenters. The van der Waals surface area contributed by atoms with E-state index in [-0.39, 0.29) is 43.4 Å². The number of carbonyl (C=O) groups is 3. The van der Waals surface area contributed by atoms with Crippen LogP contribution < -0.4 is 10.6 Å². The fourth-order valence-corrected chi connectivity index (χ4v) is 4.04. The number of ether oxygens (including phenoxy) is 2. The Kier molecular flexibility index (Phi) is 8.28. The maximum absolute atomic E-state index is 12.7. The highest BCUT2D eigenvalue weighted by Gasteiger charge is 2.31. The van der Waals surface area contributed by atoms with E-state index in [2.05, 4.69) is 34.9 Å². The molecule has 8 nitrogen and oxygen atoms in total. The van der Waals surface area contributed by atoms with Crippen LogP contribution in [0.1, 0.15) is 44.2 Å². The molecule has 0 radical (unpaired) electrons. The zero-order valence-corrected chi connectivity index (χ0v) is 19.8. The Bertz CT molecular complexity index is 984. The molecule has 182 valence electrons. The Labute approximate surface area is 199 Å². The summed E-state index contributed by atoms with van der Waals surface area (Å²) < 4.78 is 10.5. The van der Waals surface area contributed by atoms with Crippen molar-refractivity contribution in [3.05, 3.63) is 59.7 Å². The van der Waals surface area contributed by atoms with Gasteiger partial charge in [0.05, 0.1) is 6.61 Å². The molecule has 1 aliphatic carbocycles. The molecule has 8 heteroatoms. The monoisotopic (exact) mass is 468 g/mol. The summed E-state index contributed by atoms with van der Waals surface area (Å²) in [4.78, 5) is 35.5. The minimum absolute atomic E-state index is 0.0414. The lowest BCUT2D eigenvalue weighted by molar-refractivity contribution is -0.142. The molecule has 34 heavy (non-hydrogen) atoms. The first-order chi connectivity index (χ1) is 16.2. The molecule has 2 aromatic rings. The normalized spacial score (nSPS) is 13.5. The van der Waals surface area contributed by atoms with E-state index >= 15 is 0 Å². The van der Waals surface area contributed by atoms with Crippen LogP contribution in [-0.2, 0) is 19.1 Å². The molecule has 1 aliphatic rings. The van der Waals surface area contributed by atoms with Crippen LogP contribution in [0, 0.1) is 5.41 Å². The summed E-state index contributed by atoms with van der Waals surface area (Å²) in [5.41, 5.74) is 4.19. The lowest BCUT2D eigenvalue weighted by Gasteiger charge is -2.31. The number of amides is 2. The Morgan fingerprint density at radius 2 is 1.59 bits per heavy atom. The first kappa shape index (κ1) is 25.2. The van der Waals surface area contributed by atoms with Gasteiger partial charge in [-0.15, -0.1) is 0 Å². The molecule has 0 aromatic heterocycles. The number of carboxylic acid groups (broad SMARTS) is 1. The van der Waals surface area contributed by atoms with Crippen molar-refractivity contribution in [1.82, 2.24) is 10.6 Å². The number of benzene rings is 2. The van der Waals surface area contributed by atoms with Crippen molar-refractivity contribution in [2.45, 2.75) is 39.2 Å². The molecule has 3 N–H and O–H groups in total. The average Bonchev–Trinajstić information content (AvgIpc) is 3.10. The molecule has 1 unspecified atom stereocenters. The van der Waals surface area contributed by atoms with Gasteiger partial charge in [-0.1, -0.05) is 69.3 Å². The fourth-order valence-electron chi connectivity index (χ4n) is 4.04. The van der Waals surface area contributed by atoms with Gasteiger partial charge < -0.3 is 25.2 Å². The number of alkyl carbamates (subject to hydrolysis) is 1. The predicted molar refractivity (Wildman–Crippen MR) is 128 cm³/mol. The fraction of sp³-hybridized carbons (Fsp3) is 0.423. The molecule has 3 rings (SSSR count). The largest absolute Gasteiger partial charge is 0.480 e. The van der Waals surface area contributed by atoms with Crippen molar-refractivity contribution in [3.63, 3.8) is 0 Å². The molecular weight excluding hydrogens is 436 g/mol. The Morgan fingerprint density at radius 1 is 1.00 bits per heavy atom. The Morgan fingerprint density at radius 3 is 2.15 bits per heavy atom. The standard InChI is InChI=1S/C26H32N2O6/c1-26(2,3)22(14-23(29)27-12-13-33-16-24(30)31)28-25(32)34-15-21-19-10-6-4-8-17(19)18-9-5-7-11-20(18)21/h4-11,21-22H,12-16H2,1-3H3,(H,27,29)(H,28,32)(H,30,31). The summed E-state index contributed by atoms with van der Waals surface area (Å²) in [6.45, 7) is 5.87. The Balaban J connectivity index is 1.54. The molecule has 0 saturated carbocycles. The van der Waals surface area contributed by atoms with E-state index in [4.69, 9.17) is 14.6 Å². The number of carbonyl (C=O) groups excluding carboxylic acids is 2. The van der Waals surface area contributed by atoms with E-state index in [1.807, 2.05) is 45.0 Å². The zero-order chi connectivity index (χ0) is 24.7. The molecule has 0 bridgehead atoms. The van der Waals surface area contributed by atoms with Gasteiger partial charge in [-0.25, -0.2) is 9.59 Å². The predicted octanol–water partition coefficient (Wildman–Crippen LogP) is 3.55. The van der Waals surface area contributed by atoms with Gasteiger partial charge in [0, 0.05) is 24.9 Å². The second-order valence-electron chi connectivity index (χ2n) is 9.39. The molecular formula is C26H32N2O6. The number of nitrogens with one attached hydrogen (secondary N) is 2. The van der Waals surface area contributed by atoms with Crippen molar-refractivity contribution < 1.29 is 29.0 Å². The van der Waals surface area contributed by atoms with Crippen LogP contribution >= 0.6 is 0 Å². The highest BCUT2D eigenvalue weighted by Crippen LogP contribution is 2.44. The van der Waals surface area contributed by atoms with Gasteiger partial charge in [0.15, 0.2) is 0 Å². The van der Waals surface area contributed by atoms with E-state index in [1.165, 1.54) is 0 Å². The second-order valence-corrected chi connectivity index (χ2v) is 9.39. The summed E-state index contributed by atoms with van der Waals surface area (Å²) in [7, 11) is 0. The molecule has 0 saturated heterocycles. The van der Waals surface area contributed by atoms with Gasteiger partial charge >= 0.3 is 12.1 Å². The van der Waals surface area contributed by atoms with E-state index < -0.39 is 24.7 Å². The van der Waals surface area contributed by atoms with Gasteiger partial charge in [0.2, 0.25) is 5.91 Å². The molecule has 0 heterocycles. The number of hydrogen-bond donors (Lipinski definition) is 3. The first-order valence-electron chi connectivity index (χ1n) is 11.3. The third-order valence-electron chi connectivity index (χ3n) is 5.86. The first-order valence-corrected chi connectivity index (χ1v) is 11.3. The average molecular weight is 469 g/mol. The van der Waals surface area contributed by atoms with E-state index in [0.717, 1.165) is 22.3 Å². The number of carboxylic acids is 1. The van der Waals surface area contributed by atoms with Crippen LogP contribution in [0.4, 0.5) is 4.79 Å². The van der Waals surface area contributed by atoms with Crippen molar-refractivity contribution in [2.75, 3.05) is 26.4 Å². The maximum Gasteiger partial charge on any atom is 0.407 e. The molecule has 2 amide bonds. The summed E-state index contributed by atoms with van der Waals surface area (Å²) in [5, 5.41) is 14.1. The Hall–Kier alpha value is -3.39. The van der Waals surface area contributed by atoms with Gasteiger partial charge in [0.25, 0.3) is 0 Å². The van der Waals surface area contributed by atoms with Gasteiger partial charge in [-0.3, -0.25) is 4.79 Å². The third kappa shape index (κ3) is 6.57. The van der Waals surface area contributed by atoms with Crippen LogP contribution in [-0.4, -0.2) is 55.5 Å². The number of hydrogen-bond acceptors (Lipinski definition) is 5. The maximum atomic E-state index is 12.7. The van der Waals surface area contributed by atoms with E-state index in [0.29, 0.717) is 0 Å². The molecule has 0 spiro atoms. The number of rotatable bonds is 10. The van der Waals surface area contributed by atoms with Crippen LogP contribution in [0.2, 0.25) is 0 Å². The minimum atomic E-state index is -1.06. The van der Waals surface area contributed by atoms with Crippen LogP contribution in [0.3, 0.4) is 0 Å². The number of aliphatic carboxylic acids is 1. The summed E-state index contributed by atoms with van der Waals surface area (Å²) in [6.07, 6.45) is -0.508. The minimum Gasteiger partial charge on any atom is -0.480 e. The summed E-state index contributed by atoms with van der Waals surface area (Å²) in [5.74, 6) is -1.37. The van der Waals surface area contributed by atoms with Crippen LogP contribution in [0.5, 0.6) is 0 Å².